The van der Waals surface area contributed by atoms with Crippen molar-refractivity contribution in [1.29, 1.82) is 0 Å². The van der Waals surface area contributed by atoms with Crippen molar-refractivity contribution in [3.63, 3.8) is 0 Å². The summed E-state index contributed by atoms with van der Waals surface area (Å²) in [6, 6.07) is 4.52. The first-order chi connectivity index (χ1) is 8.08. The standard InChI is InChI=1S/C11H13BrFNO3/c1-16-11(17-2)10(15)14-6-7-5-8(12)3-4-9(7)13/h3-5,11H,6H2,1-2H3,(H,14,15). The van der Waals surface area contributed by atoms with Gasteiger partial charge in [0.2, 0.25) is 6.29 Å². The van der Waals surface area contributed by atoms with Crippen molar-refractivity contribution < 1.29 is 18.7 Å². The van der Waals surface area contributed by atoms with E-state index >= 15 is 0 Å². The van der Waals surface area contributed by atoms with Crippen molar-refractivity contribution in [2.45, 2.75) is 12.8 Å². The summed E-state index contributed by atoms with van der Waals surface area (Å²) < 4.78 is 23.6. The highest BCUT2D eigenvalue weighted by Gasteiger charge is 2.16. The Bertz CT molecular complexity index is 396. The Kier molecular flexibility index (Phi) is 5.54. The molecule has 6 heteroatoms. The van der Waals surface area contributed by atoms with Gasteiger partial charge >= 0.3 is 0 Å². The Morgan fingerprint density at radius 3 is 2.71 bits per heavy atom. The molecule has 0 atom stereocenters. The molecule has 0 aromatic heterocycles. The Morgan fingerprint density at radius 1 is 1.47 bits per heavy atom. The molecule has 0 radical (unpaired) electrons. The highest BCUT2D eigenvalue weighted by Crippen LogP contribution is 2.15. The number of ether oxygens (including phenoxy) is 2. The zero-order chi connectivity index (χ0) is 12.8. The molecule has 17 heavy (non-hydrogen) atoms. The van der Waals surface area contributed by atoms with E-state index in [0.717, 1.165) is 4.47 Å². The highest BCUT2D eigenvalue weighted by atomic mass is 79.9. The lowest BCUT2D eigenvalue weighted by Gasteiger charge is -2.13. The molecule has 0 fully saturated rings. The third kappa shape index (κ3) is 4.07. The molecule has 4 nitrogen and oxygen atoms in total. The van der Waals surface area contributed by atoms with Gasteiger partial charge in [0.15, 0.2) is 0 Å². The summed E-state index contributed by atoms with van der Waals surface area (Å²) >= 11 is 3.23. The van der Waals surface area contributed by atoms with E-state index in [0.29, 0.717) is 5.56 Å². The minimum atomic E-state index is -0.981. The molecular weight excluding hydrogens is 293 g/mol. The normalized spacial score (nSPS) is 10.6. The summed E-state index contributed by atoms with van der Waals surface area (Å²) in [6.07, 6.45) is -0.981. The van der Waals surface area contributed by atoms with Crippen LogP contribution in [0.25, 0.3) is 0 Å². The van der Waals surface area contributed by atoms with Crippen molar-refractivity contribution >= 4 is 21.8 Å². The Hall–Kier alpha value is -0.980. The van der Waals surface area contributed by atoms with E-state index in [1.165, 1.54) is 20.3 Å². The third-order valence-electron chi connectivity index (χ3n) is 2.10. The quantitative estimate of drug-likeness (QED) is 0.844. The molecule has 1 N–H and O–H groups in total. The van der Waals surface area contributed by atoms with E-state index in [4.69, 9.17) is 9.47 Å². The monoisotopic (exact) mass is 305 g/mol. The summed E-state index contributed by atoms with van der Waals surface area (Å²) in [4.78, 5) is 11.5. The maximum Gasteiger partial charge on any atom is 0.277 e. The number of halogens is 2. The second kappa shape index (κ2) is 6.68. The van der Waals surface area contributed by atoms with Crippen LogP contribution < -0.4 is 5.32 Å². The van der Waals surface area contributed by atoms with Crippen LogP contribution in [-0.4, -0.2) is 26.4 Å². The average molecular weight is 306 g/mol. The molecule has 0 heterocycles. The van der Waals surface area contributed by atoms with Crippen LogP contribution in [0.2, 0.25) is 0 Å². The van der Waals surface area contributed by atoms with E-state index in [1.54, 1.807) is 12.1 Å². The molecule has 0 aliphatic heterocycles. The van der Waals surface area contributed by atoms with Gasteiger partial charge in [-0.2, -0.15) is 0 Å². The van der Waals surface area contributed by atoms with Crippen LogP contribution >= 0.6 is 15.9 Å². The van der Waals surface area contributed by atoms with Crippen LogP contribution in [0.5, 0.6) is 0 Å². The fourth-order valence-corrected chi connectivity index (χ4v) is 1.66. The second-order valence-electron chi connectivity index (χ2n) is 3.26. The lowest BCUT2D eigenvalue weighted by Crippen LogP contribution is -2.36. The van der Waals surface area contributed by atoms with Crippen molar-refractivity contribution in [3.8, 4) is 0 Å². The summed E-state index contributed by atoms with van der Waals surface area (Å²) in [7, 11) is 2.71. The minimum Gasteiger partial charge on any atom is -0.348 e. The number of hydrogen-bond acceptors (Lipinski definition) is 3. The molecule has 0 aliphatic carbocycles. The van der Waals surface area contributed by atoms with Gasteiger partial charge in [-0.1, -0.05) is 15.9 Å². The van der Waals surface area contributed by atoms with E-state index < -0.39 is 12.2 Å². The largest absolute Gasteiger partial charge is 0.348 e. The first-order valence-electron chi connectivity index (χ1n) is 4.85. The molecule has 94 valence electrons. The van der Waals surface area contributed by atoms with E-state index in [9.17, 15) is 9.18 Å². The van der Waals surface area contributed by atoms with Crippen molar-refractivity contribution in [3.05, 3.63) is 34.1 Å². The zero-order valence-electron chi connectivity index (χ0n) is 9.50. The van der Waals surface area contributed by atoms with Crippen LogP contribution in [0.3, 0.4) is 0 Å². The van der Waals surface area contributed by atoms with Gasteiger partial charge in [0.1, 0.15) is 5.82 Å². The number of benzene rings is 1. The lowest BCUT2D eigenvalue weighted by atomic mass is 10.2. The van der Waals surface area contributed by atoms with Crippen molar-refractivity contribution in [2.24, 2.45) is 0 Å². The molecule has 0 spiro atoms. The number of methoxy groups -OCH3 is 2. The van der Waals surface area contributed by atoms with E-state index in [-0.39, 0.29) is 12.4 Å². The van der Waals surface area contributed by atoms with Crippen molar-refractivity contribution in [2.75, 3.05) is 14.2 Å². The van der Waals surface area contributed by atoms with Gasteiger partial charge in [-0.15, -0.1) is 0 Å². The fraction of sp³-hybridized carbons (Fsp3) is 0.364. The summed E-state index contributed by atoms with van der Waals surface area (Å²) in [5.41, 5.74) is 0.388. The van der Waals surface area contributed by atoms with Crippen LogP contribution in [0.15, 0.2) is 22.7 Å². The summed E-state index contributed by atoms with van der Waals surface area (Å²) in [5, 5.41) is 2.52. The first kappa shape index (κ1) is 14.1. The maximum absolute atomic E-state index is 13.4. The summed E-state index contributed by atoms with van der Waals surface area (Å²) in [5.74, 6) is -0.825. The van der Waals surface area contributed by atoms with Crippen LogP contribution in [-0.2, 0) is 20.8 Å². The molecule has 1 amide bonds. The molecule has 1 aromatic carbocycles. The number of rotatable bonds is 5. The molecular formula is C11H13BrFNO3. The van der Waals surface area contributed by atoms with Gasteiger partial charge in [-0.3, -0.25) is 4.79 Å². The molecule has 1 rings (SSSR count). The van der Waals surface area contributed by atoms with Crippen LogP contribution in [0.1, 0.15) is 5.56 Å². The number of hydrogen-bond donors (Lipinski definition) is 1. The molecule has 0 aliphatic rings. The van der Waals surface area contributed by atoms with Gasteiger partial charge in [-0.05, 0) is 18.2 Å². The molecule has 0 bridgehead atoms. The Labute approximate surface area is 107 Å². The highest BCUT2D eigenvalue weighted by molar-refractivity contribution is 9.10. The fourth-order valence-electron chi connectivity index (χ4n) is 1.25. The van der Waals surface area contributed by atoms with E-state index in [1.807, 2.05) is 0 Å². The predicted molar refractivity (Wildman–Crippen MR) is 63.8 cm³/mol. The first-order valence-corrected chi connectivity index (χ1v) is 5.65. The molecule has 0 saturated heterocycles. The van der Waals surface area contributed by atoms with E-state index in [2.05, 4.69) is 21.2 Å². The maximum atomic E-state index is 13.4. The van der Waals surface area contributed by atoms with Crippen LogP contribution in [0.4, 0.5) is 4.39 Å². The van der Waals surface area contributed by atoms with Gasteiger partial charge in [0.05, 0.1) is 0 Å². The average Bonchev–Trinajstić information content (AvgIpc) is 2.32. The van der Waals surface area contributed by atoms with Gasteiger partial charge < -0.3 is 14.8 Å². The Balaban J connectivity index is 2.61. The Morgan fingerprint density at radius 2 is 2.12 bits per heavy atom. The zero-order valence-corrected chi connectivity index (χ0v) is 11.1. The summed E-state index contributed by atoms with van der Waals surface area (Å²) in [6.45, 7) is 0.0767. The topological polar surface area (TPSA) is 47.6 Å². The second-order valence-corrected chi connectivity index (χ2v) is 4.17. The predicted octanol–water partition coefficient (Wildman–Crippen LogP) is 1.82. The lowest BCUT2D eigenvalue weighted by molar-refractivity contribution is -0.159. The van der Waals surface area contributed by atoms with Gasteiger partial charge in [0.25, 0.3) is 5.91 Å². The van der Waals surface area contributed by atoms with Crippen LogP contribution in [0, 0.1) is 5.82 Å². The SMILES string of the molecule is COC(OC)C(=O)NCc1cc(Br)ccc1F. The number of carbonyl (C=O) groups is 1. The number of carbonyl (C=O) groups excluding carboxylic acids is 1. The number of amides is 1. The third-order valence-corrected chi connectivity index (χ3v) is 2.60. The molecule has 1 aromatic rings. The van der Waals surface area contributed by atoms with Crippen molar-refractivity contribution in [1.82, 2.24) is 5.32 Å². The molecule has 0 unspecified atom stereocenters. The minimum absolute atomic E-state index is 0.0767. The molecule has 0 saturated carbocycles. The number of nitrogens with one attached hydrogen (secondary N) is 1. The van der Waals surface area contributed by atoms with Gasteiger partial charge in [-0.25, -0.2) is 4.39 Å². The van der Waals surface area contributed by atoms with Gasteiger partial charge in [0, 0.05) is 30.8 Å². The smallest absolute Gasteiger partial charge is 0.277 e.